The largest absolute Gasteiger partial charge is 0.350 e. The van der Waals surface area contributed by atoms with Crippen LogP contribution in [0.25, 0.3) is 16.7 Å². The maximum atomic E-state index is 12.5. The summed E-state index contributed by atoms with van der Waals surface area (Å²) in [6.45, 7) is 0.347. The molecule has 1 N–H and O–H groups in total. The third kappa shape index (κ3) is 3.15. The van der Waals surface area contributed by atoms with Crippen LogP contribution < -0.4 is 11.0 Å². The minimum atomic E-state index is -0.214. The Balaban J connectivity index is 1.53. The highest BCUT2D eigenvalue weighted by molar-refractivity contribution is 5.80. The van der Waals surface area contributed by atoms with Gasteiger partial charge in [0, 0.05) is 26.0 Å². The van der Waals surface area contributed by atoms with Crippen molar-refractivity contribution in [2.45, 2.75) is 13.1 Å². The molecule has 0 unspecified atom stereocenters. The van der Waals surface area contributed by atoms with Crippen molar-refractivity contribution >= 4 is 16.9 Å². The van der Waals surface area contributed by atoms with E-state index in [2.05, 4.69) is 10.3 Å². The van der Waals surface area contributed by atoms with E-state index in [0.29, 0.717) is 6.54 Å². The topological polar surface area (TPSA) is 73.8 Å². The highest BCUT2D eigenvalue weighted by Gasteiger charge is 2.13. The fourth-order valence-electron chi connectivity index (χ4n) is 3.22. The fourth-order valence-corrected chi connectivity index (χ4v) is 3.22. The summed E-state index contributed by atoms with van der Waals surface area (Å²) in [6, 6.07) is 15.2. The molecule has 0 aliphatic carbocycles. The lowest BCUT2D eigenvalue weighted by atomic mass is 10.1. The Hall–Kier alpha value is -3.61. The molecule has 0 aliphatic rings. The van der Waals surface area contributed by atoms with Gasteiger partial charge in [0.2, 0.25) is 5.91 Å². The first-order chi connectivity index (χ1) is 13.1. The van der Waals surface area contributed by atoms with Crippen LogP contribution in [0.4, 0.5) is 0 Å². The van der Waals surface area contributed by atoms with Crippen molar-refractivity contribution in [3.05, 3.63) is 83.3 Å². The SMILES string of the molecule is Cn1c(=O)n(CC(=O)NCc2ccccc2-n2ccnc2)c2ccccc21. The molecule has 0 atom stereocenters. The van der Waals surface area contributed by atoms with Gasteiger partial charge < -0.3 is 9.88 Å². The maximum absolute atomic E-state index is 12.5. The molecule has 0 spiro atoms. The van der Waals surface area contributed by atoms with Crippen molar-refractivity contribution in [3.63, 3.8) is 0 Å². The van der Waals surface area contributed by atoms with Crippen molar-refractivity contribution in [1.29, 1.82) is 0 Å². The summed E-state index contributed by atoms with van der Waals surface area (Å²) in [5.41, 5.74) is 3.27. The van der Waals surface area contributed by atoms with Gasteiger partial charge in [0.1, 0.15) is 6.54 Å². The first-order valence-corrected chi connectivity index (χ1v) is 8.62. The number of aryl methyl sites for hydroxylation is 1. The molecule has 4 aromatic rings. The third-order valence-corrected chi connectivity index (χ3v) is 4.60. The van der Waals surface area contributed by atoms with Crippen molar-refractivity contribution in [1.82, 2.24) is 24.0 Å². The lowest BCUT2D eigenvalue weighted by molar-refractivity contribution is -0.121. The summed E-state index contributed by atoms with van der Waals surface area (Å²) in [4.78, 5) is 29.0. The van der Waals surface area contributed by atoms with E-state index in [1.165, 1.54) is 4.57 Å². The van der Waals surface area contributed by atoms with E-state index in [1.807, 2.05) is 59.3 Å². The Morgan fingerprint density at radius 2 is 1.81 bits per heavy atom. The van der Waals surface area contributed by atoms with E-state index in [-0.39, 0.29) is 18.1 Å². The fraction of sp³-hybridized carbons (Fsp3) is 0.150. The first-order valence-electron chi connectivity index (χ1n) is 8.62. The summed E-state index contributed by atoms with van der Waals surface area (Å²) >= 11 is 0. The normalized spacial score (nSPS) is 11.0. The number of imidazole rings is 2. The predicted octanol–water partition coefficient (Wildman–Crippen LogP) is 1.84. The second-order valence-corrected chi connectivity index (χ2v) is 6.29. The van der Waals surface area contributed by atoms with Crippen LogP contribution in [0.2, 0.25) is 0 Å². The third-order valence-electron chi connectivity index (χ3n) is 4.60. The number of aromatic nitrogens is 4. The van der Waals surface area contributed by atoms with Gasteiger partial charge in [-0.2, -0.15) is 0 Å². The van der Waals surface area contributed by atoms with Gasteiger partial charge in [-0.05, 0) is 23.8 Å². The maximum Gasteiger partial charge on any atom is 0.329 e. The molecule has 0 bridgehead atoms. The van der Waals surface area contributed by atoms with Gasteiger partial charge >= 0.3 is 5.69 Å². The van der Waals surface area contributed by atoms with Gasteiger partial charge in [-0.25, -0.2) is 9.78 Å². The lowest BCUT2D eigenvalue weighted by Crippen LogP contribution is -2.32. The summed E-state index contributed by atoms with van der Waals surface area (Å²) < 4.78 is 4.94. The molecule has 4 rings (SSSR count). The number of benzene rings is 2. The molecule has 0 fully saturated rings. The van der Waals surface area contributed by atoms with E-state index < -0.39 is 0 Å². The molecular formula is C20H19N5O2. The van der Waals surface area contributed by atoms with Crippen LogP contribution in [0, 0.1) is 0 Å². The van der Waals surface area contributed by atoms with Crippen LogP contribution in [-0.4, -0.2) is 24.6 Å². The van der Waals surface area contributed by atoms with Crippen LogP contribution in [0.5, 0.6) is 0 Å². The molecule has 2 aromatic carbocycles. The zero-order valence-electron chi connectivity index (χ0n) is 14.9. The van der Waals surface area contributed by atoms with E-state index in [0.717, 1.165) is 22.3 Å². The molecule has 0 aliphatic heterocycles. The van der Waals surface area contributed by atoms with Crippen LogP contribution >= 0.6 is 0 Å². The molecule has 2 aromatic heterocycles. The van der Waals surface area contributed by atoms with Crippen molar-refractivity contribution in [3.8, 4) is 5.69 Å². The van der Waals surface area contributed by atoms with Gasteiger partial charge in [-0.3, -0.25) is 13.9 Å². The Bertz CT molecular complexity index is 1150. The minimum absolute atomic E-state index is 0.0204. The number of rotatable bonds is 5. The number of fused-ring (bicyclic) bond motifs is 1. The number of hydrogen-bond donors (Lipinski definition) is 1. The van der Waals surface area contributed by atoms with Gasteiger partial charge in [0.05, 0.1) is 23.0 Å². The van der Waals surface area contributed by atoms with Crippen molar-refractivity contribution in [2.75, 3.05) is 0 Å². The number of amides is 1. The van der Waals surface area contributed by atoms with Gasteiger partial charge in [-0.1, -0.05) is 30.3 Å². The molecule has 136 valence electrons. The van der Waals surface area contributed by atoms with E-state index in [4.69, 9.17) is 0 Å². The second-order valence-electron chi connectivity index (χ2n) is 6.29. The number of nitrogens with zero attached hydrogens (tertiary/aromatic N) is 4. The van der Waals surface area contributed by atoms with Crippen LogP contribution in [-0.2, 0) is 24.9 Å². The van der Waals surface area contributed by atoms with E-state index >= 15 is 0 Å². The Labute approximate surface area is 155 Å². The Morgan fingerprint density at radius 1 is 1.07 bits per heavy atom. The van der Waals surface area contributed by atoms with Gasteiger partial charge in [0.15, 0.2) is 0 Å². The molecule has 7 nitrogen and oxygen atoms in total. The zero-order valence-corrected chi connectivity index (χ0v) is 14.9. The summed E-state index contributed by atoms with van der Waals surface area (Å²) in [5, 5.41) is 2.91. The predicted molar refractivity (Wildman–Crippen MR) is 103 cm³/mol. The monoisotopic (exact) mass is 361 g/mol. The molecule has 0 saturated carbocycles. The number of nitrogens with one attached hydrogen (secondary N) is 1. The highest BCUT2D eigenvalue weighted by Crippen LogP contribution is 2.14. The minimum Gasteiger partial charge on any atom is -0.350 e. The van der Waals surface area contributed by atoms with Gasteiger partial charge in [0.25, 0.3) is 0 Å². The standard InChI is InChI=1S/C20H19N5O2/c1-23-17-8-4-5-9-18(17)25(20(23)27)13-19(26)22-12-15-6-2-3-7-16(15)24-11-10-21-14-24/h2-11,14H,12-13H2,1H3,(H,22,26). The van der Waals surface area contributed by atoms with Gasteiger partial charge in [-0.15, -0.1) is 0 Å². The molecule has 2 heterocycles. The summed E-state index contributed by atoms with van der Waals surface area (Å²) in [6.07, 6.45) is 5.29. The molecule has 1 amide bonds. The van der Waals surface area contributed by atoms with Crippen LogP contribution in [0.15, 0.2) is 72.0 Å². The molecular weight excluding hydrogens is 342 g/mol. The number of para-hydroxylation sites is 3. The smallest absolute Gasteiger partial charge is 0.329 e. The lowest BCUT2D eigenvalue weighted by Gasteiger charge is -2.11. The molecule has 27 heavy (non-hydrogen) atoms. The Morgan fingerprint density at radius 3 is 2.59 bits per heavy atom. The van der Waals surface area contributed by atoms with Crippen molar-refractivity contribution < 1.29 is 4.79 Å². The van der Waals surface area contributed by atoms with Crippen molar-refractivity contribution in [2.24, 2.45) is 7.05 Å². The second kappa shape index (κ2) is 6.95. The Kier molecular flexibility index (Phi) is 4.33. The highest BCUT2D eigenvalue weighted by atomic mass is 16.2. The summed E-state index contributed by atoms with van der Waals surface area (Å²) in [7, 11) is 1.71. The van der Waals surface area contributed by atoms with Crippen LogP contribution in [0.3, 0.4) is 0 Å². The first kappa shape index (κ1) is 16.8. The molecule has 0 radical (unpaired) electrons. The zero-order chi connectivity index (χ0) is 18.8. The number of hydrogen-bond acceptors (Lipinski definition) is 3. The summed E-state index contributed by atoms with van der Waals surface area (Å²) in [5.74, 6) is -0.214. The quantitative estimate of drug-likeness (QED) is 0.589. The average molecular weight is 361 g/mol. The average Bonchev–Trinajstić information content (AvgIpc) is 3.31. The van der Waals surface area contributed by atoms with E-state index in [9.17, 15) is 9.59 Å². The molecule has 0 saturated heterocycles. The number of carbonyl (C=O) groups excluding carboxylic acids is 1. The number of carbonyl (C=O) groups is 1. The molecule has 7 heteroatoms. The van der Waals surface area contributed by atoms with E-state index in [1.54, 1.807) is 24.1 Å². The van der Waals surface area contributed by atoms with Crippen LogP contribution in [0.1, 0.15) is 5.56 Å².